The van der Waals surface area contributed by atoms with E-state index in [4.69, 9.17) is 10.2 Å². The van der Waals surface area contributed by atoms with E-state index in [1.54, 1.807) is 0 Å². The molecule has 1 aromatic rings. The Labute approximate surface area is 106 Å². The van der Waals surface area contributed by atoms with Crippen molar-refractivity contribution in [2.24, 2.45) is 0 Å². The number of carboxylic acid groups (broad SMARTS) is 2. The first-order valence-corrected chi connectivity index (χ1v) is 5.31. The minimum absolute atomic E-state index is 0.306. The Kier molecular flexibility index (Phi) is 4.52. The Morgan fingerprint density at radius 2 is 1.53 bits per heavy atom. The number of hydrogen-bond donors (Lipinski definition) is 2. The zero-order chi connectivity index (χ0) is 14.6. The Morgan fingerprint density at radius 3 is 1.95 bits per heavy atom. The number of aliphatic carboxylic acids is 2. The molecule has 2 N–H and O–H groups in total. The Morgan fingerprint density at radius 1 is 1.05 bits per heavy atom. The highest BCUT2D eigenvalue weighted by Gasteiger charge is 2.35. The quantitative estimate of drug-likeness (QED) is 0.867. The molecule has 4 nitrogen and oxygen atoms in total. The summed E-state index contributed by atoms with van der Waals surface area (Å²) >= 11 is 0. The predicted octanol–water partition coefficient (Wildman–Crippen LogP) is 2.74. The van der Waals surface area contributed by atoms with Gasteiger partial charge in [0.15, 0.2) is 0 Å². The van der Waals surface area contributed by atoms with Gasteiger partial charge in [-0.2, -0.15) is 13.2 Å². The molecule has 7 heteroatoms. The van der Waals surface area contributed by atoms with Crippen molar-refractivity contribution in [2.45, 2.75) is 24.9 Å². The first-order chi connectivity index (χ1) is 8.71. The van der Waals surface area contributed by atoms with Crippen LogP contribution in [0.3, 0.4) is 0 Å². The van der Waals surface area contributed by atoms with Gasteiger partial charge in [0.25, 0.3) is 0 Å². The molecule has 0 amide bonds. The molecule has 0 aliphatic rings. The average molecular weight is 276 g/mol. The van der Waals surface area contributed by atoms with Crippen molar-refractivity contribution in [3.05, 3.63) is 35.4 Å². The maximum absolute atomic E-state index is 12.8. The van der Waals surface area contributed by atoms with Gasteiger partial charge in [-0.3, -0.25) is 9.59 Å². The van der Waals surface area contributed by atoms with Crippen LogP contribution >= 0.6 is 0 Å². The molecule has 0 saturated carbocycles. The van der Waals surface area contributed by atoms with E-state index in [2.05, 4.69) is 0 Å². The second kappa shape index (κ2) is 5.73. The van der Waals surface area contributed by atoms with Crippen LogP contribution in [-0.4, -0.2) is 22.2 Å². The molecule has 1 aromatic carbocycles. The lowest BCUT2D eigenvalue weighted by molar-refractivity contribution is -0.142. The van der Waals surface area contributed by atoms with Crippen molar-refractivity contribution >= 4 is 11.9 Å². The number of carboxylic acids is 2. The van der Waals surface area contributed by atoms with E-state index in [9.17, 15) is 22.8 Å². The number of rotatable bonds is 5. The van der Waals surface area contributed by atoms with Crippen molar-refractivity contribution < 1.29 is 33.0 Å². The van der Waals surface area contributed by atoms with Crippen molar-refractivity contribution in [2.75, 3.05) is 0 Å². The minimum Gasteiger partial charge on any atom is -0.481 e. The summed E-state index contributed by atoms with van der Waals surface area (Å²) < 4.78 is 38.4. The number of hydrogen-bond acceptors (Lipinski definition) is 2. The average Bonchev–Trinajstić information content (AvgIpc) is 2.25. The van der Waals surface area contributed by atoms with E-state index < -0.39 is 42.4 Å². The SMILES string of the molecule is O=C(O)CC(CC(=O)O)c1ccccc1C(F)(F)F. The molecular weight excluding hydrogens is 265 g/mol. The molecule has 0 spiro atoms. The van der Waals surface area contributed by atoms with Crippen LogP contribution in [0.1, 0.15) is 29.9 Å². The molecule has 0 aromatic heterocycles. The number of benzene rings is 1. The minimum atomic E-state index is -4.65. The van der Waals surface area contributed by atoms with Gasteiger partial charge >= 0.3 is 18.1 Å². The lowest BCUT2D eigenvalue weighted by atomic mass is 9.88. The zero-order valence-electron chi connectivity index (χ0n) is 9.65. The molecular formula is C12H11F3O4. The summed E-state index contributed by atoms with van der Waals surface area (Å²) in [5.41, 5.74) is -1.30. The van der Waals surface area contributed by atoms with Crippen molar-refractivity contribution in [3.63, 3.8) is 0 Å². The highest BCUT2D eigenvalue weighted by atomic mass is 19.4. The molecule has 0 fully saturated rings. The third kappa shape index (κ3) is 4.27. The van der Waals surface area contributed by atoms with E-state index in [-0.39, 0.29) is 5.56 Å². The van der Waals surface area contributed by atoms with Crippen LogP contribution in [0.25, 0.3) is 0 Å². The largest absolute Gasteiger partial charge is 0.481 e. The van der Waals surface area contributed by atoms with E-state index in [0.717, 1.165) is 12.1 Å². The van der Waals surface area contributed by atoms with Crippen LogP contribution in [0, 0.1) is 0 Å². The van der Waals surface area contributed by atoms with Crippen LogP contribution in [0.2, 0.25) is 0 Å². The van der Waals surface area contributed by atoms with Crippen LogP contribution in [0.5, 0.6) is 0 Å². The molecule has 0 bridgehead atoms. The van der Waals surface area contributed by atoms with E-state index in [1.807, 2.05) is 0 Å². The molecule has 19 heavy (non-hydrogen) atoms. The molecule has 0 aliphatic heterocycles. The van der Waals surface area contributed by atoms with Gasteiger partial charge in [-0.1, -0.05) is 18.2 Å². The lowest BCUT2D eigenvalue weighted by Crippen LogP contribution is -2.16. The molecule has 0 aliphatic carbocycles. The van der Waals surface area contributed by atoms with Crippen molar-refractivity contribution in [1.29, 1.82) is 0 Å². The molecule has 104 valence electrons. The second-order valence-corrected chi connectivity index (χ2v) is 3.98. The number of carbonyl (C=O) groups is 2. The van der Waals surface area contributed by atoms with Crippen LogP contribution < -0.4 is 0 Å². The molecule has 0 saturated heterocycles. The summed E-state index contributed by atoms with van der Waals surface area (Å²) in [5.74, 6) is -3.90. The summed E-state index contributed by atoms with van der Waals surface area (Å²) in [6.07, 6.45) is -5.98. The molecule has 0 unspecified atom stereocenters. The standard InChI is InChI=1S/C12H11F3O4/c13-12(14,15)9-4-2-1-3-8(9)7(5-10(16)17)6-11(18)19/h1-4,7H,5-6H2,(H,16,17)(H,18,19). The summed E-state index contributed by atoms with van der Waals surface area (Å²) in [6.45, 7) is 0. The molecule has 0 heterocycles. The lowest BCUT2D eigenvalue weighted by Gasteiger charge is -2.19. The van der Waals surface area contributed by atoms with E-state index in [1.165, 1.54) is 12.1 Å². The van der Waals surface area contributed by atoms with Gasteiger partial charge in [-0.25, -0.2) is 0 Å². The van der Waals surface area contributed by atoms with Crippen LogP contribution in [0.15, 0.2) is 24.3 Å². The van der Waals surface area contributed by atoms with Crippen LogP contribution in [0.4, 0.5) is 13.2 Å². The maximum Gasteiger partial charge on any atom is 0.416 e. The van der Waals surface area contributed by atoms with Gasteiger partial charge in [-0.05, 0) is 11.6 Å². The zero-order valence-corrected chi connectivity index (χ0v) is 9.65. The normalized spacial score (nSPS) is 11.6. The molecule has 0 atom stereocenters. The van der Waals surface area contributed by atoms with Gasteiger partial charge in [0.1, 0.15) is 0 Å². The summed E-state index contributed by atoms with van der Waals surface area (Å²) in [4.78, 5) is 21.3. The van der Waals surface area contributed by atoms with Gasteiger partial charge < -0.3 is 10.2 Å². The third-order valence-electron chi connectivity index (χ3n) is 2.55. The van der Waals surface area contributed by atoms with Gasteiger partial charge in [0.05, 0.1) is 18.4 Å². The van der Waals surface area contributed by atoms with Gasteiger partial charge in [0.2, 0.25) is 0 Å². The smallest absolute Gasteiger partial charge is 0.416 e. The maximum atomic E-state index is 12.8. The molecule has 1 rings (SSSR count). The summed E-state index contributed by atoms with van der Waals surface area (Å²) in [6, 6.07) is 4.41. The fourth-order valence-corrected chi connectivity index (χ4v) is 1.82. The van der Waals surface area contributed by atoms with E-state index in [0.29, 0.717) is 0 Å². The first-order valence-electron chi connectivity index (χ1n) is 5.31. The first kappa shape index (κ1) is 15.0. The van der Waals surface area contributed by atoms with Gasteiger partial charge in [-0.15, -0.1) is 0 Å². The highest BCUT2D eigenvalue weighted by molar-refractivity contribution is 5.72. The fraction of sp³-hybridized carbons (Fsp3) is 0.333. The molecule has 0 radical (unpaired) electrons. The van der Waals surface area contributed by atoms with Gasteiger partial charge in [0, 0.05) is 5.92 Å². The van der Waals surface area contributed by atoms with Crippen molar-refractivity contribution in [3.8, 4) is 0 Å². The number of alkyl halides is 3. The third-order valence-corrected chi connectivity index (χ3v) is 2.55. The monoisotopic (exact) mass is 276 g/mol. The topological polar surface area (TPSA) is 74.6 Å². The summed E-state index contributed by atoms with van der Waals surface area (Å²) in [7, 11) is 0. The second-order valence-electron chi connectivity index (χ2n) is 3.98. The number of halogens is 3. The Hall–Kier alpha value is -2.05. The highest BCUT2D eigenvalue weighted by Crippen LogP contribution is 2.37. The summed E-state index contributed by atoms with van der Waals surface area (Å²) in [5, 5.41) is 17.4. The Bertz CT molecular complexity index is 466. The van der Waals surface area contributed by atoms with E-state index >= 15 is 0 Å². The van der Waals surface area contributed by atoms with Crippen LogP contribution in [-0.2, 0) is 15.8 Å². The fourth-order valence-electron chi connectivity index (χ4n) is 1.82. The van der Waals surface area contributed by atoms with Crippen molar-refractivity contribution in [1.82, 2.24) is 0 Å². The predicted molar refractivity (Wildman–Crippen MR) is 58.7 cm³/mol. The Balaban J connectivity index is 3.21.